The van der Waals surface area contributed by atoms with Crippen molar-refractivity contribution in [2.75, 3.05) is 13.1 Å². The van der Waals surface area contributed by atoms with Crippen molar-refractivity contribution in [2.45, 2.75) is 44.6 Å². The summed E-state index contributed by atoms with van der Waals surface area (Å²) in [5.74, 6) is 0.0243. The van der Waals surface area contributed by atoms with Gasteiger partial charge in [0.1, 0.15) is 0 Å². The van der Waals surface area contributed by atoms with E-state index in [1.807, 2.05) is 0 Å². The van der Waals surface area contributed by atoms with E-state index in [4.69, 9.17) is 18.0 Å². The summed E-state index contributed by atoms with van der Waals surface area (Å²) in [4.78, 5) is 14.5. The Bertz CT molecular complexity index is 350. The molecular formula is C12H20N2O2S. The largest absolute Gasteiger partial charge is 0.392 e. The molecule has 2 rings (SSSR count). The maximum atomic E-state index is 12.5. The van der Waals surface area contributed by atoms with Gasteiger partial charge in [0.15, 0.2) is 0 Å². The monoisotopic (exact) mass is 256 g/mol. The number of thiocarbonyl (C=S) groups is 1. The number of likely N-dealkylation sites (tertiary alicyclic amines) is 1. The number of amides is 1. The molecule has 5 heteroatoms. The van der Waals surface area contributed by atoms with E-state index in [0.717, 1.165) is 32.1 Å². The maximum absolute atomic E-state index is 12.5. The molecule has 0 bridgehead atoms. The van der Waals surface area contributed by atoms with Crippen molar-refractivity contribution in [1.82, 2.24) is 4.90 Å². The molecule has 1 heterocycles. The van der Waals surface area contributed by atoms with Crippen LogP contribution in [0.2, 0.25) is 0 Å². The van der Waals surface area contributed by atoms with Crippen LogP contribution in [0.1, 0.15) is 39.0 Å². The van der Waals surface area contributed by atoms with E-state index in [9.17, 15) is 9.90 Å². The molecule has 1 atom stereocenters. The Morgan fingerprint density at radius 3 is 2.41 bits per heavy atom. The first-order chi connectivity index (χ1) is 7.87. The van der Waals surface area contributed by atoms with Crippen molar-refractivity contribution in [3.63, 3.8) is 0 Å². The van der Waals surface area contributed by atoms with Gasteiger partial charge in [-0.15, -0.1) is 0 Å². The van der Waals surface area contributed by atoms with E-state index in [1.165, 1.54) is 0 Å². The zero-order chi connectivity index (χ0) is 12.7. The quantitative estimate of drug-likeness (QED) is 0.718. The van der Waals surface area contributed by atoms with Gasteiger partial charge in [0.25, 0.3) is 0 Å². The van der Waals surface area contributed by atoms with Gasteiger partial charge in [-0.3, -0.25) is 4.79 Å². The number of nitrogens with zero attached hydrogens (tertiary/aromatic N) is 1. The first-order valence-electron chi connectivity index (χ1n) is 6.19. The molecule has 1 aliphatic carbocycles. The lowest BCUT2D eigenvalue weighted by atomic mass is 9.67. The minimum Gasteiger partial charge on any atom is -0.392 e. The summed E-state index contributed by atoms with van der Waals surface area (Å²) in [6.07, 6.45) is 4.12. The SMILES string of the molecule is CC1(O)CCCN(C(=O)C2(C(N)=S)CCC2)C1. The van der Waals surface area contributed by atoms with Gasteiger partial charge in [0.05, 0.1) is 16.0 Å². The van der Waals surface area contributed by atoms with Gasteiger partial charge in [0.2, 0.25) is 5.91 Å². The maximum Gasteiger partial charge on any atom is 0.235 e. The van der Waals surface area contributed by atoms with Crippen LogP contribution in [0.4, 0.5) is 0 Å². The number of nitrogens with two attached hydrogens (primary N) is 1. The van der Waals surface area contributed by atoms with Gasteiger partial charge in [-0.2, -0.15) is 0 Å². The van der Waals surface area contributed by atoms with E-state index in [-0.39, 0.29) is 5.91 Å². The average molecular weight is 256 g/mol. The molecule has 1 aliphatic heterocycles. The smallest absolute Gasteiger partial charge is 0.235 e. The highest BCUT2D eigenvalue weighted by Crippen LogP contribution is 2.43. The van der Waals surface area contributed by atoms with Gasteiger partial charge >= 0.3 is 0 Å². The van der Waals surface area contributed by atoms with E-state index < -0.39 is 11.0 Å². The lowest BCUT2D eigenvalue weighted by Crippen LogP contribution is -2.58. The Morgan fingerprint density at radius 1 is 1.35 bits per heavy atom. The number of aliphatic hydroxyl groups is 1. The summed E-state index contributed by atoms with van der Waals surface area (Å²) in [5, 5.41) is 10.0. The van der Waals surface area contributed by atoms with Crippen molar-refractivity contribution >= 4 is 23.1 Å². The van der Waals surface area contributed by atoms with Gasteiger partial charge < -0.3 is 15.7 Å². The minimum atomic E-state index is -0.769. The van der Waals surface area contributed by atoms with Gasteiger partial charge in [-0.1, -0.05) is 18.6 Å². The summed E-state index contributed by atoms with van der Waals surface area (Å²) >= 11 is 5.05. The van der Waals surface area contributed by atoms with E-state index in [0.29, 0.717) is 18.1 Å². The molecule has 0 aromatic carbocycles. The Morgan fingerprint density at radius 2 is 2.00 bits per heavy atom. The predicted molar refractivity (Wildman–Crippen MR) is 69.5 cm³/mol. The normalized spacial score (nSPS) is 31.8. The van der Waals surface area contributed by atoms with Crippen LogP contribution in [0.3, 0.4) is 0 Å². The van der Waals surface area contributed by atoms with Gasteiger partial charge in [0, 0.05) is 13.1 Å². The fourth-order valence-electron chi connectivity index (χ4n) is 2.79. The molecule has 1 unspecified atom stereocenters. The van der Waals surface area contributed by atoms with Crippen molar-refractivity contribution in [2.24, 2.45) is 11.1 Å². The molecule has 1 saturated carbocycles. The van der Waals surface area contributed by atoms with Crippen molar-refractivity contribution in [3.05, 3.63) is 0 Å². The first kappa shape index (κ1) is 12.8. The molecule has 2 fully saturated rings. The third-order valence-corrected chi connectivity index (χ3v) is 4.44. The Balaban J connectivity index is 2.12. The van der Waals surface area contributed by atoms with Gasteiger partial charge in [-0.25, -0.2) is 0 Å². The third kappa shape index (κ3) is 2.18. The second-order valence-corrected chi connectivity index (χ2v) is 6.07. The van der Waals surface area contributed by atoms with Crippen molar-refractivity contribution in [1.29, 1.82) is 0 Å². The zero-order valence-corrected chi connectivity index (χ0v) is 11.1. The summed E-state index contributed by atoms with van der Waals surface area (Å²) in [5.41, 5.74) is 4.35. The highest BCUT2D eigenvalue weighted by molar-refractivity contribution is 7.80. The number of hydrogen-bond donors (Lipinski definition) is 2. The molecule has 2 aliphatic rings. The van der Waals surface area contributed by atoms with Crippen molar-refractivity contribution < 1.29 is 9.90 Å². The molecule has 96 valence electrons. The zero-order valence-electron chi connectivity index (χ0n) is 10.2. The Labute approximate surface area is 107 Å². The van der Waals surface area contributed by atoms with Crippen LogP contribution in [0.25, 0.3) is 0 Å². The second kappa shape index (κ2) is 4.21. The number of β-amino-alcohol motifs (C(OH)–C–C–N with tert-alkyl or cyclic N) is 1. The number of rotatable bonds is 2. The van der Waals surface area contributed by atoms with Crippen LogP contribution in [-0.4, -0.2) is 39.6 Å². The van der Waals surface area contributed by atoms with E-state index in [1.54, 1.807) is 11.8 Å². The Hall–Kier alpha value is -0.680. The molecule has 1 saturated heterocycles. The number of carbonyl (C=O) groups is 1. The van der Waals surface area contributed by atoms with Gasteiger partial charge in [-0.05, 0) is 32.6 Å². The van der Waals surface area contributed by atoms with Crippen LogP contribution in [0.15, 0.2) is 0 Å². The number of hydrogen-bond acceptors (Lipinski definition) is 3. The summed E-state index contributed by atoms with van der Waals surface area (Å²) < 4.78 is 0. The van der Waals surface area contributed by atoms with Crippen LogP contribution < -0.4 is 5.73 Å². The Kier molecular flexibility index (Phi) is 3.16. The predicted octanol–water partition coefficient (Wildman–Crippen LogP) is 0.816. The van der Waals surface area contributed by atoms with E-state index in [2.05, 4.69) is 0 Å². The molecule has 0 aromatic heterocycles. The van der Waals surface area contributed by atoms with Crippen LogP contribution in [0.5, 0.6) is 0 Å². The minimum absolute atomic E-state index is 0.0243. The highest BCUT2D eigenvalue weighted by atomic mass is 32.1. The fourth-order valence-corrected chi connectivity index (χ4v) is 3.08. The van der Waals surface area contributed by atoms with E-state index >= 15 is 0 Å². The number of carbonyl (C=O) groups excluding carboxylic acids is 1. The highest BCUT2D eigenvalue weighted by Gasteiger charge is 2.50. The molecule has 17 heavy (non-hydrogen) atoms. The molecule has 0 radical (unpaired) electrons. The summed E-state index contributed by atoms with van der Waals surface area (Å²) in [6.45, 7) is 2.89. The van der Waals surface area contributed by atoms with Crippen LogP contribution in [0, 0.1) is 5.41 Å². The fraction of sp³-hybridized carbons (Fsp3) is 0.833. The first-order valence-corrected chi connectivity index (χ1v) is 6.60. The number of piperidine rings is 1. The summed E-state index contributed by atoms with van der Waals surface area (Å²) in [7, 11) is 0. The lowest BCUT2D eigenvalue weighted by molar-refractivity contribution is -0.148. The molecule has 3 N–H and O–H groups in total. The molecule has 4 nitrogen and oxygen atoms in total. The van der Waals surface area contributed by atoms with Crippen LogP contribution in [-0.2, 0) is 4.79 Å². The average Bonchev–Trinajstić information content (AvgIpc) is 2.13. The second-order valence-electron chi connectivity index (χ2n) is 5.63. The molecule has 0 spiro atoms. The topological polar surface area (TPSA) is 66.6 Å². The van der Waals surface area contributed by atoms with Crippen molar-refractivity contribution in [3.8, 4) is 0 Å². The third-order valence-electron chi connectivity index (χ3n) is 4.05. The lowest BCUT2D eigenvalue weighted by Gasteiger charge is -2.46. The molecule has 1 amide bonds. The summed E-state index contributed by atoms with van der Waals surface area (Å²) in [6, 6.07) is 0. The molecule has 0 aromatic rings. The molecular weight excluding hydrogens is 236 g/mol. The standard InChI is InChI=1S/C12H20N2O2S/c1-11(16)4-3-7-14(8-11)10(15)12(9(13)17)5-2-6-12/h16H,2-8H2,1H3,(H2,13,17). The van der Waals surface area contributed by atoms with Crippen LogP contribution >= 0.6 is 12.2 Å².